The maximum atomic E-state index is 12.7. The molecule has 1 N–H and O–H groups in total. The molecule has 0 aliphatic heterocycles. The van der Waals surface area contributed by atoms with E-state index in [4.69, 9.17) is 8.85 Å². The van der Waals surface area contributed by atoms with Crippen molar-refractivity contribution in [1.82, 2.24) is 4.72 Å². The predicted octanol–water partition coefficient (Wildman–Crippen LogP) is 8.64. The molecule has 12 heteroatoms. The molecule has 4 aliphatic carbocycles. The van der Waals surface area contributed by atoms with Crippen LogP contribution in [0, 0.1) is 42.4 Å². The number of hydrogen-bond acceptors (Lipinski definition) is 6. The second kappa shape index (κ2) is 26.2. The van der Waals surface area contributed by atoms with Crippen LogP contribution >= 0.6 is 0 Å². The van der Waals surface area contributed by atoms with Crippen molar-refractivity contribution in [3.63, 3.8) is 0 Å². The first-order chi connectivity index (χ1) is 32.0. The maximum absolute atomic E-state index is 12.7. The molecule has 71 heavy (non-hydrogen) atoms. The van der Waals surface area contributed by atoms with Gasteiger partial charge in [0, 0.05) is 29.5 Å². The topological polar surface area (TPSA) is 89.0 Å². The summed E-state index contributed by atoms with van der Waals surface area (Å²) in [4.78, 5) is 0. The fourth-order valence-corrected chi connectivity index (χ4v) is 22.5. The Morgan fingerprint density at radius 2 is 0.901 bits per heavy atom. The third kappa shape index (κ3) is 14.4. The summed E-state index contributed by atoms with van der Waals surface area (Å²) in [6.45, 7) is 33.4. The van der Waals surface area contributed by atoms with Gasteiger partial charge in [-0.3, -0.25) is 0 Å². The van der Waals surface area contributed by atoms with Crippen molar-refractivity contribution >= 4 is 89.4 Å². The van der Waals surface area contributed by atoms with Crippen LogP contribution in [-0.4, -0.2) is 82.8 Å². The molecule has 4 fully saturated rings. The molecule has 6 nitrogen and oxygen atoms in total. The quantitative estimate of drug-likeness (QED) is 0.0592. The predicted molar refractivity (Wildman–Crippen MR) is 309 cm³/mol. The Hall–Kier alpha value is -1.27. The van der Waals surface area contributed by atoms with E-state index in [0.717, 1.165) is 32.1 Å². The van der Waals surface area contributed by atoms with Crippen LogP contribution < -0.4 is 42.5 Å². The third-order valence-electron chi connectivity index (χ3n) is 15.0. The Bertz CT molecular complexity index is 2100. The number of benzene rings is 4. The van der Waals surface area contributed by atoms with Crippen molar-refractivity contribution in [3.8, 4) is 0 Å². The van der Waals surface area contributed by atoms with E-state index in [1.54, 1.807) is 6.92 Å². The molecule has 4 aromatic carbocycles. The molecular formula is C59H89BrMgN2O4S2Si2. The van der Waals surface area contributed by atoms with E-state index in [2.05, 4.69) is 186 Å². The first kappa shape index (κ1) is 64.0. The van der Waals surface area contributed by atoms with E-state index in [0.29, 0.717) is 47.7 Å². The second-order valence-corrected chi connectivity index (χ2v) is 36.1. The Morgan fingerprint density at radius 3 is 1.17 bits per heavy atom. The van der Waals surface area contributed by atoms with Crippen molar-refractivity contribution < 1.29 is 34.9 Å². The molecule has 0 bridgehead atoms. The summed E-state index contributed by atoms with van der Waals surface area (Å²) in [7, 11) is -4.99. The average Bonchev–Trinajstić information content (AvgIpc) is 4.00. The Morgan fingerprint density at radius 1 is 0.592 bits per heavy atom. The van der Waals surface area contributed by atoms with Crippen molar-refractivity contribution in [1.29, 1.82) is 0 Å². The van der Waals surface area contributed by atoms with Gasteiger partial charge in [-0.1, -0.05) is 182 Å². The molecule has 4 aliphatic rings. The molecule has 0 aromatic heterocycles. The van der Waals surface area contributed by atoms with E-state index in [1.807, 2.05) is 47.8 Å². The van der Waals surface area contributed by atoms with Gasteiger partial charge in [-0.05, 0) is 134 Å². The first-order valence-corrected chi connectivity index (χ1v) is 31.5. The molecule has 11 atom stereocenters. The number of hydrogen-bond donors (Lipinski definition) is 1. The second-order valence-electron chi connectivity index (χ2n) is 23.7. The van der Waals surface area contributed by atoms with Crippen LogP contribution in [0.15, 0.2) is 126 Å². The fourth-order valence-electron chi connectivity index (χ4n) is 11.6. The number of halogens is 1. The van der Waals surface area contributed by atoms with Gasteiger partial charge < -0.3 is 41.9 Å². The molecular weight excluding hydrogens is 1030 g/mol. The van der Waals surface area contributed by atoms with Crippen LogP contribution in [0.25, 0.3) is 0 Å². The van der Waals surface area contributed by atoms with E-state index in [1.165, 1.54) is 20.7 Å². The van der Waals surface area contributed by atoms with Crippen LogP contribution in [0.3, 0.4) is 0 Å². The minimum atomic E-state index is -2.50. The van der Waals surface area contributed by atoms with Crippen LogP contribution in [0.2, 0.25) is 10.1 Å². The Balaban J connectivity index is 0.000000349. The van der Waals surface area contributed by atoms with Crippen molar-refractivity contribution in [2.24, 2.45) is 39.9 Å². The van der Waals surface area contributed by atoms with Gasteiger partial charge in [0.15, 0.2) is 0 Å². The van der Waals surface area contributed by atoms with Crippen LogP contribution in [0.4, 0.5) is 0 Å². The smallest absolute Gasteiger partial charge is 1.00 e. The largest absolute Gasteiger partial charge is 2.00 e. The standard InChI is InChI=1S/C29H43NO2SSi.C27H37NO2SSi.C2H5.CH4.BrH.Mg/c1-8-26(30-33(31)28(2,3)4)27-24-19-21(20-25(24)27)32-34(29(5,6)7,22-15-11-9-12-16-22)23-17-13-10-14-18-23;1-26(2,3)31(29)28-19-25-23-17-20(18-24(23)25)30-32(27(4,5)6,21-13-9-7-10-14-21)22-15-11-8-12-16-22;1-2;;;/h9-18,21,24-27,30H,8,19-20H2,1-7H3;7-16,19-20,23-25H,17-18H2,1-6H3;1H2,2H3;1H4;1H;/q;;-1;;;+2/p-1/t21?,24-,25+,26?,27?,33?;20?,23-,24+,25?,31?;;;;. The summed E-state index contributed by atoms with van der Waals surface area (Å²) in [6.07, 6.45) is 7.98. The van der Waals surface area contributed by atoms with Gasteiger partial charge in [-0.15, -0.1) is 4.72 Å². The first-order valence-electron chi connectivity index (χ1n) is 25.5. The molecule has 4 aromatic rings. The van der Waals surface area contributed by atoms with E-state index in [-0.39, 0.29) is 73.1 Å². The zero-order valence-electron chi connectivity index (χ0n) is 45.0. The molecule has 0 heterocycles. The molecule has 7 unspecified atom stereocenters. The van der Waals surface area contributed by atoms with Crippen LogP contribution in [0.1, 0.15) is 136 Å². The summed E-state index contributed by atoms with van der Waals surface area (Å²) in [5.41, 5.74) is 0. The van der Waals surface area contributed by atoms with Gasteiger partial charge in [0.25, 0.3) is 16.6 Å². The van der Waals surface area contributed by atoms with Gasteiger partial charge in [0.2, 0.25) is 0 Å². The molecule has 4 saturated carbocycles. The third-order valence-corrected chi connectivity index (χ3v) is 28.2. The van der Waals surface area contributed by atoms with Gasteiger partial charge in [-0.2, -0.15) is 6.92 Å². The normalized spacial score (nSPS) is 25.0. The molecule has 8 rings (SSSR count). The molecule has 0 amide bonds. The zero-order chi connectivity index (χ0) is 49.9. The van der Waals surface area contributed by atoms with Crippen molar-refractivity contribution in [3.05, 3.63) is 128 Å². The van der Waals surface area contributed by atoms with Crippen molar-refractivity contribution in [2.75, 3.05) is 0 Å². The molecule has 0 spiro atoms. The van der Waals surface area contributed by atoms with Gasteiger partial charge in [-0.25, -0.2) is 0 Å². The van der Waals surface area contributed by atoms with E-state index < -0.39 is 39.4 Å². The molecule has 0 radical (unpaired) electrons. The monoisotopic (exact) mass is 1110 g/mol. The summed E-state index contributed by atoms with van der Waals surface area (Å²) in [6, 6.07) is 44.1. The number of fused-ring (bicyclic) bond motifs is 2. The van der Waals surface area contributed by atoms with Crippen LogP contribution in [0.5, 0.6) is 0 Å². The summed E-state index contributed by atoms with van der Waals surface area (Å²) in [5.74, 6) is 3.74. The van der Waals surface area contributed by atoms with Gasteiger partial charge >= 0.3 is 23.1 Å². The van der Waals surface area contributed by atoms with Gasteiger partial charge in [0.1, 0.15) is 20.9 Å². The summed E-state index contributed by atoms with van der Waals surface area (Å²) < 4.78 is 47.1. The Kier molecular flexibility index (Phi) is 23.6. The summed E-state index contributed by atoms with van der Waals surface area (Å²) in [5, 5.41) is 5.43. The number of nitrogens with one attached hydrogen (secondary N) is 1. The summed E-state index contributed by atoms with van der Waals surface area (Å²) >= 11 is -2.18. The Labute approximate surface area is 467 Å². The maximum Gasteiger partial charge on any atom is 2.00 e. The molecule has 0 saturated heterocycles. The minimum Gasteiger partial charge on any atom is -1.00 e. The van der Waals surface area contributed by atoms with E-state index >= 15 is 0 Å². The number of nitrogens with zero attached hydrogens (tertiary/aromatic N) is 1. The van der Waals surface area contributed by atoms with Crippen molar-refractivity contribution in [2.45, 2.75) is 174 Å². The zero-order valence-corrected chi connectivity index (χ0v) is 51.7. The average molecular weight is 1110 g/mol. The SMILES string of the molecule is C.CC(C)(C)[S+]([O-])N=CC1[C@H]2CC(O[Si](c3ccccc3)(c3ccccc3)C(C)(C)C)C[C@@H]12.CCC(N[S+]([O-])C(C)(C)C)C1[C@H]2CC(O[Si](c3ccccc3)(c3ccccc3)C(C)(C)C)C[C@@H]12.[Br-].[CH2-]C.[Mg+2]. The van der Waals surface area contributed by atoms with E-state index in [9.17, 15) is 9.11 Å². The fraction of sp³-hybridized carbons (Fsp3) is 0.559. The van der Waals surface area contributed by atoms with Crippen LogP contribution in [-0.2, 0) is 31.6 Å². The number of rotatable bonds is 14. The van der Waals surface area contributed by atoms with Gasteiger partial charge in [0.05, 0.1) is 12.3 Å². The minimum absolute atomic E-state index is 0. The molecule has 388 valence electrons.